The Morgan fingerprint density at radius 2 is 1.75 bits per heavy atom. The van der Waals surface area contributed by atoms with Gasteiger partial charge in [-0.3, -0.25) is 14.9 Å². The molecular weight excluding hydrogens is 367 g/mol. The van der Waals surface area contributed by atoms with E-state index in [0.717, 1.165) is 15.4 Å². The maximum Gasteiger partial charge on any atom is 0.329 e. The minimum absolute atomic E-state index is 0.0931. The van der Waals surface area contributed by atoms with Gasteiger partial charge in [-0.05, 0) is 36.8 Å². The van der Waals surface area contributed by atoms with Gasteiger partial charge >= 0.3 is 6.03 Å². The lowest BCUT2D eigenvalue weighted by Gasteiger charge is -2.23. The number of halogens is 1. The molecule has 2 atom stereocenters. The fourth-order valence-electron chi connectivity index (χ4n) is 3.23. The molecule has 3 rings (SSSR count). The number of nitro benzene ring substituents is 1. The van der Waals surface area contributed by atoms with Crippen LogP contribution in [0.2, 0.25) is 0 Å². The number of carbonyl (C=O) groups excluding carboxylic acids is 2. The van der Waals surface area contributed by atoms with Crippen molar-refractivity contribution in [2.24, 2.45) is 0 Å². The van der Waals surface area contributed by atoms with Gasteiger partial charge in [-0.15, -0.1) is 0 Å². The Balaban J connectivity index is 1.73. The van der Waals surface area contributed by atoms with E-state index in [4.69, 9.17) is 0 Å². The molecule has 1 saturated heterocycles. The quantitative estimate of drug-likeness (QED) is 0.442. The number of hydrogen-bond donors (Lipinski definition) is 2. The Kier molecular flexibility index (Phi) is 5.10. The molecule has 1 unspecified atom stereocenters. The zero-order valence-electron chi connectivity index (χ0n) is 15.4. The van der Waals surface area contributed by atoms with E-state index in [1.54, 1.807) is 19.1 Å². The van der Waals surface area contributed by atoms with Gasteiger partial charge in [0.2, 0.25) is 0 Å². The van der Waals surface area contributed by atoms with Gasteiger partial charge < -0.3 is 10.2 Å². The van der Waals surface area contributed by atoms with E-state index in [2.05, 4.69) is 5.32 Å². The molecule has 0 aromatic heterocycles. The predicted molar refractivity (Wildman–Crippen MR) is 97.7 cm³/mol. The average Bonchev–Trinajstić information content (AvgIpc) is 2.88. The van der Waals surface area contributed by atoms with E-state index in [9.17, 15) is 24.1 Å². The van der Waals surface area contributed by atoms with E-state index < -0.39 is 22.4 Å². The van der Waals surface area contributed by atoms with Gasteiger partial charge in [-0.1, -0.05) is 12.1 Å². The summed E-state index contributed by atoms with van der Waals surface area (Å²) in [5.41, 5.74) is -0.0359. The molecular formula is C19H20FN4O4+. The normalized spacial score (nSPS) is 20.2. The number of imide groups is 1. The van der Waals surface area contributed by atoms with Crippen LogP contribution >= 0.6 is 0 Å². The summed E-state index contributed by atoms with van der Waals surface area (Å²) < 4.78 is 13.0. The average molecular weight is 387 g/mol. The Morgan fingerprint density at radius 3 is 2.32 bits per heavy atom. The number of benzene rings is 2. The maximum atomic E-state index is 13.0. The van der Waals surface area contributed by atoms with Crippen molar-refractivity contribution in [2.45, 2.75) is 19.0 Å². The topological polar surface area (TPSA) is 97.0 Å². The van der Waals surface area contributed by atoms with E-state index in [0.29, 0.717) is 12.1 Å². The highest BCUT2D eigenvalue weighted by Crippen LogP contribution is 2.29. The Hall–Kier alpha value is -3.33. The number of nitro groups is 1. The Bertz CT molecular complexity index is 917. The summed E-state index contributed by atoms with van der Waals surface area (Å²) in [6, 6.07) is 11.1. The zero-order chi connectivity index (χ0) is 20.5. The summed E-state index contributed by atoms with van der Waals surface area (Å²) in [6.45, 7) is 2.21. The third-order valence-corrected chi connectivity index (χ3v) is 4.78. The van der Waals surface area contributed by atoms with Crippen molar-refractivity contribution in [3.63, 3.8) is 0 Å². The number of rotatable bonds is 6. The van der Waals surface area contributed by atoms with Gasteiger partial charge in [-0.25, -0.2) is 14.1 Å². The second-order valence-corrected chi connectivity index (χ2v) is 7.01. The zero-order valence-corrected chi connectivity index (χ0v) is 15.4. The molecule has 0 aliphatic carbocycles. The molecule has 2 N–H and O–H groups in total. The van der Waals surface area contributed by atoms with Crippen LogP contribution in [0.15, 0.2) is 48.5 Å². The maximum absolute atomic E-state index is 13.0. The number of urea groups is 1. The molecule has 8 nitrogen and oxygen atoms in total. The molecule has 0 saturated carbocycles. The largest absolute Gasteiger partial charge is 0.329 e. The number of hydrogen-bond acceptors (Lipinski definition) is 4. The molecule has 1 aliphatic heterocycles. The molecule has 2 aromatic carbocycles. The van der Waals surface area contributed by atoms with Crippen LogP contribution < -0.4 is 10.2 Å². The molecule has 28 heavy (non-hydrogen) atoms. The molecule has 9 heteroatoms. The highest BCUT2D eigenvalue weighted by atomic mass is 19.1. The number of amides is 3. The summed E-state index contributed by atoms with van der Waals surface area (Å²) in [7, 11) is 1.82. The number of nitrogens with zero attached hydrogens (tertiary/aromatic N) is 2. The first-order chi connectivity index (χ1) is 13.2. The van der Waals surface area contributed by atoms with Crippen LogP contribution in [-0.4, -0.2) is 35.5 Å². The highest BCUT2D eigenvalue weighted by molar-refractivity contribution is 6.07. The van der Waals surface area contributed by atoms with Crippen LogP contribution in [0.1, 0.15) is 18.1 Å². The lowest BCUT2D eigenvalue weighted by molar-refractivity contribution is -0.901. The third kappa shape index (κ3) is 3.70. The lowest BCUT2D eigenvalue weighted by atomic mass is 9.92. The van der Waals surface area contributed by atoms with Crippen LogP contribution in [0, 0.1) is 15.9 Å². The van der Waals surface area contributed by atoms with Gasteiger partial charge in [0.1, 0.15) is 17.9 Å². The van der Waals surface area contributed by atoms with E-state index in [-0.39, 0.29) is 18.2 Å². The second-order valence-electron chi connectivity index (χ2n) is 7.01. The monoisotopic (exact) mass is 387 g/mol. The molecule has 0 radical (unpaired) electrons. The van der Waals surface area contributed by atoms with E-state index in [1.807, 2.05) is 7.05 Å². The molecule has 0 bridgehead atoms. The summed E-state index contributed by atoms with van der Waals surface area (Å²) in [5, 5.41) is 13.5. The van der Waals surface area contributed by atoms with Crippen molar-refractivity contribution < 1.29 is 23.8 Å². The van der Waals surface area contributed by atoms with E-state index >= 15 is 0 Å². The molecule has 3 amide bonds. The van der Waals surface area contributed by atoms with Crippen LogP contribution in [-0.2, 0) is 16.9 Å². The predicted octanol–water partition coefficient (Wildman–Crippen LogP) is 1.17. The van der Waals surface area contributed by atoms with Crippen LogP contribution in [0.3, 0.4) is 0 Å². The SMILES string of the molecule is C[NH+](Cc1ccc(F)cc1)CN1C(=O)N[C@@](C)(c2ccc([N+](=O)[O-])cc2)C1=O. The van der Waals surface area contributed by atoms with Gasteiger partial charge in [0.05, 0.1) is 12.0 Å². The third-order valence-electron chi connectivity index (χ3n) is 4.78. The van der Waals surface area contributed by atoms with Gasteiger partial charge in [0.25, 0.3) is 11.6 Å². The fraction of sp³-hybridized carbons (Fsp3) is 0.263. The van der Waals surface area contributed by atoms with Crippen molar-refractivity contribution in [3.8, 4) is 0 Å². The van der Waals surface area contributed by atoms with Crippen molar-refractivity contribution in [1.29, 1.82) is 0 Å². The first kappa shape index (κ1) is 19.4. The molecule has 146 valence electrons. The smallest absolute Gasteiger partial charge is 0.319 e. The Morgan fingerprint density at radius 1 is 1.14 bits per heavy atom. The van der Waals surface area contributed by atoms with Gasteiger partial charge in [-0.2, -0.15) is 0 Å². The molecule has 0 spiro atoms. The van der Waals surface area contributed by atoms with E-state index in [1.165, 1.54) is 36.4 Å². The summed E-state index contributed by atoms with van der Waals surface area (Å²) in [6.07, 6.45) is 0. The molecule has 1 fully saturated rings. The highest BCUT2D eigenvalue weighted by Gasteiger charge is 2.50. The summed E-state index contributed by atoms with van der Waals surface area (Å²) in [5.74, 6) is -0.751. The number of quaternary nitrogens is 1. The number of nitrogens with one attached hydrogen (secondary N) is 2. The Labute approximate surface area is 160 Å². The van der Waals surface area contributed by atoms with Crippen molar-refractivity contribution in [3.05, 3.63) is 75.6 Å². The van der Waals surface area contributed by atoms with Crippen LogP contribution in [0.25, 0.3) is 0 Å². The lowest BCUT2D eigenvalue weighted by Crippen LogP contribution is -3.09. The number of non-ortho nitro benzene ring substituents is 1. The van der Waals surface area contributed by atoms with Gasteiger partial charge in [0.15, 0.2) is 6.67 Å². The summed E-state index contributed by atoms with van der Waals surface area (Å²) >= 11 is 0. The first-order valence-electron chi connectivity index (χ1n) is 8.65. The first-order valence-corrected chi connectivity index (χ1v) is 8.65. The van der Waals surface area contributed by atoms with Crippen LogP contribution in [0.4, 0.5) is 14.9 Å². The van der Waals surface area contributed by atoms with Crippen molar-refractivity contribution >= 4 is 17.6 Å². The second kappa shape index (κ2) is 7.35. The molecule has 1 aliphatic rings. The minimum atomic E-state index is -1.29. The molecule has 2 aromatic rings. The minimum Gasteiger partial charge on any atom is -0.319 e. The van der Waals surface area contributed by atoms with Crippen molar-refractivity contribution in [1.82, 2.24) is 10.2 Å². The molecule has 1 heterocycles. The summed E-state index contributed by atoms with van der Waals surface area (Å²) in [4.78, 5) is 37.6. The van der Waals surface area contributed by atoms with Gasteiger partial charge in [0, 0.05) is 17.7 Å². The number of carbonyl (C=O) groups is 2. The van der Waals surface area contributed by atoms with Crippen molar-refractivity contribution in [2.75, 3.05) is 13.7 Å². The fourth-order valence-corrected chi connectivity index (χ4v) is 3.23. The van der Waals surface area contributed by atoms with Crippen LogP contribution in [0.5, 0.6) is 0 Å². The standard InChI is InChI=1S/C19H19FN4O4/c1-19(14-5-9-16(10-6-14)24(27)28)17(25)23(18(26)21-19)12-22(2)11-13-3-7-15(20)8-4-13/h3-10H,11-12H2,1-2H3,(H,21,26)/p+1/t19-/m0/s1.